The fourth-order valence-electron chi connectivity index (χ4n) is 4.70. The van der Waals surface area contributed by atoms with E-state index in [0.717, 1.165) is 6.42 Å². The van der Waals surface area contributed by atoms with Crippen molar-refractivity contribution in [2.45, 2.75) is 39.5 Å². The van der Waals surface area contributed by atoms with Gasteiger partial charge in [-0.2, -0.15) is 0 Å². The van der Waals surface area contributed by atoms with Gasteiger partial charge >= 0.3 is 0 Å². The molecule has 4 rings (SSSR count). The van der Waals surface area contributed by atoms with E-state index in [1.54, 1.807) is 0 Å². The van der Waals surface area contributed by atoms with Crippen LogP contribution in [0.5, 0.6) is 0 Å². The van der Waals surface area contributed by atoms with Crippen LogP contribution in [0.3, 0.4) is 0 Å². The molecule has 0 heterocycles. The first-order chi connectivity index (χ1) is 13.8. The molecule has 0 aromatic heterocycles. The average Bonchev–Trinajstić information content (AvgIpc) is 2.74. The Hall–Kier alpha value is -2.60. The van der Waals surface area contributed by atoms with E-state index in [-0.39, 0.29) is 0 Å². The molecule has 0 bridgehead atoms. The first kappa shape index (κ1) is 18.7. The van der Waals surface area contributed by atoms with Gasteiger partial charge in [-0.25, -0.2) is 0 Å². The molecule has 142 valence electrons. The molecule has 0 aliphatic rings. The summed E-state index contributed by atoms with van der Waals surface area (Å²) in [5.41, 5.74) is 2.99. The number of hydrogen-bond donors (Lipinski definition) is 0. The molecule has 0 fully saturated rings. The summed E-state index contributed by atoms with van der Waals surface area (Å²) in [4.78, 5) is 0. The molecule has 0 aliphatic heterocycles. The molecule has 0 saturated carbocycles. The van der Waals surface area contributed by atoms with Gasteiger partial charge in [-0.05, 0) is 57.3 Å². The molecule has 2 unspecified atom stereocenters. The predicted octanol–water partition coefficient (Wildman–Crippen LogP) is 7.83. The highest BCUT2D eigenvalue weighted by atomic mass is 14.2. The molecule has 0 amide bonds. The van der Waals surface area contributed by atoms with Crippen LogP contribution in [0, 0.1) is 11.8 Å². The molecule has 0 aliphatic carbocycles. The van der Waals surface area contributed by atoms with Crippen LogP contribution in [0.2, 0.25) is 0 Å². The summed E-state index contributed by atoms with van der Waals surface area (Å²) >= 11 is 0. The van der Waals surface area contributed by atoms with Crippen molar-refractivity contribution in [3.63, 3.8) is 0 Å². The van der Waals surface area contributed by atoms with Crippen LogP contribution in [0.25, 0.3) is 21.5 Å². The summed E-state index contributed by atoms with van der Waals surface area (Å²) in [5.74, 6) is 1.36. The Morgan fingerprint density at radius 1 is 0.607 bits per heavy atom. The van der Waals surface area contributed by atoms with E-state index in [1.807, 2.05) is 0 Å². The van der Waals surface area contributed by atoms with E-state index in [9.17, 15) is 0 Å². The third kappa shape index (κ3) is 3.97. The summed E-state index contributed by atoms with van der Waals surface area (Å²) in [7, 11) is 0. The van der Waals surface area contributed by atoms with Crippen molar-refractivity contribution in [2.24, 2.45) is 11.8 Å². The number of benzene rings is 4. The number of rotatable bonds is 7. The third-order valence-electron chi connectivity index (χ3n) is 6.25. The summed E-state index contributed by atoms with van der Waals surface area (Å²) in [5, 5.41) is 5.55. The van der Waals surface area contributed by atoms with E-state index >= 15 is 0 Å². The molecule has 4 aromatic rings. The van der Waals surface area contributed by atoms with Crippen LogP contribution < -0.4 is 0 Å². The van der Waals surface area contributed by atoms with Crippen molar-refractivity contribution in [3.05, 3.63) is 96.1 Å². The lowest BCUT2D eigenvalue weighted by Crippen LogP contribution is -2.17. The Morgan fingerprint density at radius 2 is 1.11 bits per heavy atom. The highest BCUT2D eigenvalue weighted by Gasteiger charge is 2.19. The van der Waals surface area contributed by atoms with Gasteiger partial charge < -0.3 is 0 Å². The molecule has 4 aromatic carbocycles. The Morgan fingerprint density at radius 3 is 1.68 bits per heavy atom. The maximum atomic E-state index is 2.45. The van der Waals surface area contributed by atoms with Crippen molar-refractivity contribution in [1.82, 2.24) is 0 Å². The second kappa shape index (κ2) is 8.61. The van der Waals surface area contributed by atoms with Gasteiger partial charge in [0.25, 0.3) is 0 Å². The van der Waals surface area contributed by atoms with Crippen LogP contribution in [0.1, 0.15) is 37.8 Å². The maximum absolute atomic E-state index is 2.45. The predicted molar refractivity (Wildman–Crippen MR) is 123 cm³/mol. The SMILES string of the molecule is CCCC(Cc1cccc2ccccc12)C(C)Cc1cccc2ccccc12. The summed E-state index contributed by atoms with van der Waals surface area (Å²) in [6, 6.07) is 31.1. The van der Waals surface area contributed by atoms with Crippen molar-refractivity contribution in [3.8, 4) is 0 Å². The van der Waals surface area contributed by atoms with Crippen molar-refractivity contribution >= 4 is 21.5 Å². The Balaban J connectivity index is 1.60. The zero-order valence-electron chi connectivity index (χ0n) is 17.1. The van der Waals surface area contributed by atoms with Gasteiger partial charge in [-0.1, -0.05) is 112 Å². The summed E-state index contributed by atoms with van der Waals surface area (Å²) < 4.78 is 0. The Kier molecular flexibility index (Phi) is 5.76. The van der Waals surface area contributed by atoms with Crippen LogP contribution in [-0.2, 0) is 12.8 Å². The molecule has 28 heavy (non-hydrogen) atoms. The van der Waals surface area contributed by atoms with E-state index in [2.05, 4.69) is 98.8 Å². The molecule has 0 radical (unpaired) electrons. The smallest absolute Gasteiger partial charge is 0.0152 e. The van der Waals surface area contributed by atoms with Crippen LogP contribution in [-0.4, -0.2) is 0 Å². The summed E-state index contributed by atoms with van der Waals surface area (Å²) in [6.07, 6.45) is 4.85. The standard InChI is InChI=1S/C28H30/c1-3-10-24(20-26-16-9-14-23-12-5-7-18-28(23)26)21(2)19-25-15-8-13-22-11-4-6-17-27(22)25/h4-9,11-18,21,24H,3,10,19-20H2,1-2H3. The monoisotopic (exact) mass is 366 g/mol. The van der Waals surface area contributed by atoms with E-state index in [4.69, 9.17) is 0 Å². The minimum absolute atomic E-state index is 0.657. The molecule has 0 saturated heterocycles. The molecule has 0 nitrogen and oxygen atoms in total. The van der Waals surface area contributed by atoms with Crippen LogP contribution in [0.15, 0.2) is 84.9 Å². The first-order valence-corrected chi connectivity index (χ1v) is 10.7. The lowest BCUT2D eigenvalue weighted by molar-refractivity contribution is 0.330. The second-order valence-electron chi connectivity index (χ2n) is 8.21. The quantitative estimate of drug-likeness (QED) is 0.312. The molecule has 0 heteroatoms. The van der Waals surface area contributed by atoms with Crippen molar-refractivity contribution in [1.29, 1.82) is 0 Å². The van der Waals surface area contributed by atoms with Gasteiger partial charge in [-0.15, -0.1) is 0 Å². The van der Waals surface area contributed by atoms with Crippen LogP contribution in [0.4, 0.5) is 0 Å². The van der Waals surface area contributed by atoms with Gasteiger partial charge in [0.05, 0.1) is 0 Å². The molecular weight excluding hydrogens is 336 g/mol. The van der Waals surface area contributed by atoms with E-state index in [1.165, 1.54) is 51.9 Å². The Bertz CT molecular complexity index is 1050. The molecular formula is C28H30. The number of hydrogen-bond acceptors (Lipinski definition) is 0. The fraction of sp³-hybridized carbons (Fsp3) is 0.286. The molecule has 0 N–H and O–H groups in total. The van der Waals surface area contributed by atoms with Gasteiger partial charge in [0.2, 0.25) is 0 Å². The highest BCUT2D eigenvalue weighted by Crippen LogP contribution is 2.30. The van der Waals surface area contributed by atoms with E-state index < -0.39 is 0 Å². The minimum atomic E-state index is 0.657. The normalized spacial score (nSPS) is 13.6. The van der Waals surface area contributed by atoms with Gasteiger partial charge in [0.1, 0.15) is 0 Å². The highest BCUT2D eigenvalue weighted by molar-refractivity contribution is 5.86. The van der Waals surface area contributed by atoms with Crippen molar-refractivity contribution in [2.75, 3.05) is 0 Å². The average molecular weight is 367 g/mol. The van der Waals surface area contributed by atoms with Gasteiger partial charge in [-0.3, -0.25) is 0 Å². The third-order valence-corrected chi connectivity index (χ3v) is 6.25. The van der Waals surface area contributed by atoms with Crippen molar-refractivity contribution < 1.29 is 0 Å². The number of fused-ring (bicyclic) bond motifs is 2. The zero-order chi connectivity index (χ0) is 19.3. The topological polar surface area (TPSA) is 0 Å². The molecule has 2 atom stereocenters. The maximum Gasteiger partial charge on any atom is -0.0152 e. The van der Waals surface area contributed by atoms with Crippen LogP contribution >= 0.6 is 0 Å². The summed E-state index contributed by atoms with van der Waals surface area (Å²) in [6.45, 7) is 4.77. The Labute approximate surface area is 169 Å². The largest absolute Gasteiger partial charge is 0.0654 e. The minimum Gasteiger partial charge on any atom is -0.0654 e. The first-order valence-electron chi connectivity index (χ1n) is 10.7. The lowest BCUT2D eigenvalue weighted by Gasteiger charge is -2.25. The van der Waals surface area contributed by atoms with E-state index in [0.29, 0.717) is 11.8 Å². The molecule has 0 spiro atoms. The lowest BCUT2D eigenvalue weighted by atomic mass is 9.80. The zero-order valence-corrected chi connectivity index (χ0v) is 17.1. The second-order valence-corrected chi connectivity index (χ2v) is 8.21. The van der Waals surface area contributed by atoms with Gasteiger partial charge in [0.15, 0.2) is 0 Å². The van der Waals surface area contributed by atoms with Gasteiger partial charge in [0, 0.05) is 0 Å². The fourth-order valence-corrected chi connectivity index (χ4v) is 4.70.